The summed E-state index contributed by atoms with van der Waals surface area (Å²) in [7, 11) is 0. The molecule has 0 spiro atoms. The first-order chi connectivity index (χ1) is 12.7. The Balaban J connectivity index is 2.11. The minimum absolute atomic E-state index is 0.240. The van der Waals surface area contributed by atoms with E-state index in [0.717, 1.165) is 20.8 Å². The Kier molecular flexibility index (Phi) is 3.08. The number of halogens is 1. The van der Waals surface area contributed by atoms with Crippen LogP contribution in [0.1, 0.15) is 5.56 Å². The topological polar surface area (TPSA) is 71.1 Å². The molecule has 0 aliphatic heterocycles. The third kappa shape index (κ3) is 2.04. The predicted octanol–water partition coefficient (Wildman–Crippen LogP) is 4.18. The fourth-order valence-corrected chi connectivity index (χ4v) is 3.61. The van der Waals surface area contributed by atoms with E-state index >= 15 is 0 Å². The van der Waals surface area contributed by atoms with Crippen LogP contribution in [0.15, 0.2) is 63.9 Å². The molecule has 5 aromatic rings. The Morgan fingerprint density at radius 2 is 1.73 bits per heavy atom. The molecule has 3 aromatic heterocycles. The van der Waals surface area contributed by atoms with Crippen LogP contribution in [-0.2, 0) is 0 Å². The summed E-state index contributed by atoms with van der Waals surface area (Å²) in [6.07, 6.45) is 0. The van der Waals surface area contributed by atoms with Gasteiger partial charge in [-0.25, -0.2) is 14.4 Å². The highest BCUT2D eigenvalue weighted by Crippen LogP contribution is 2.24. The summed E-state index contributed by atoms with van der Waals surface area (Å²) >= 11 is 3.40. The van der Waals surface area contributed by atoms with Crippen molar-refractivity contribution in [1.29, 1.82) is 5.26 Å². The number of fused-ring (bicyclic) bond motifs is 5. The van der Waals surface area contributed by atoms with Crippen molar-refractivity contribution < 1.29 is 0 Å². The number of para-hydroxylation sites is 1. The Morgan fingerprint density at radius 1 is 0.923 bits per heavy atom. The van der Waals surface area contributed by atoms with Gasteiger partial charge in [0.15, 0.2) is 5.65 Å². The molecule has 0 amide bonds. The van der Waals surface area contributed by atoms with Gasteiger partial charge in [0.25, 0.3) is 5.56 Å². The Morgan fingerprint density at radius 3 is 2.58 bits per heavy atom. The Bertz CT molecular complexity index is 1480. The van der Waals surface area contributed by atoms with Gasteiger partial charge in [-0.15, -0.1) is 0 Å². The van der Waals surface area contributed by atoms with E-state index in [2.05, 4.69) is 32.0 Å². The number of nitriles is 1. The van der Waals surface area contributed by atoms with Crippen molar-refractivity contribution in [1.82, 2.24) is 14.4 Å². The lowest BCUT2D eigenvalue weighted by molar-refractivity contribution is 1.10. The van der Waals surface area contributed by atoms with E-state index in [-0.39, 0.29) is 5.56 Å². The molecule has 122 valence electrons. The highest BCUT2D eigenvalue weighted by Gasteiger charge is 2.14. The number of benzene rings is 2. The van der Waals surface area contributed by atoms with Gasteiger partial charge in [-0.05, 0) is 36.4 Å². The zero-order valence-electron chi connectivity index (χ0n) is 13.3. The second kappa shape index (κ2) is 5.35. The fourth-order valence-electron chi connectivity index (χ4n) is 3.24. The summed E-state index contributed by atoms with van der Waals surface area (Å²) in [5.41, 5.74) is 2.26. The SMILES string of the molecule is N#Cc1cc2cc3ccccc3nc2n2c(=O)c3cc(Br)ccc3nc12. The van der Waals surface area contributed by atoms with Crippen LogP contribution in [0.5, 0.6) is 0 Å². The van der Waals surface area contributed by atoms with E-state index in [0.29, 0.717) is 27.8 Å². The lowest BCUT2D eigenvalue weighted by Crippen LogP contribution is -2.17. The molecule has 6 heteroatoms. The Hall–Kier alpha value is -3.30. The lowest BCUT2D eigenvalue weighted by atomic mass is 10.1. The van der Waals surface area contributed by atoms with Crippen LogP contribution in [-0.4, -0.2) is 14.4 Å². The van der Waals surface area contributed by atoms with Gasteiger partial charge in [0.1, 0.15) is 11.7 Å². The molecule has 2 aromatic carbocycles. The monoisotopic (exact) mass is 400 g/mol. The number of aromatic nitrogens is 3. The molecule has 0 saturated carbocycles. The number of rotatable bonds is 0. The molecule has 0 N–H and O–H groups in total. The number of pyridine rings is 2. The fraction of sp³-hybridized carbons (Fsp3) is 0. The average Bonchev–Trinajstić information content (AvgIpc) is 2.66. The van der Waals surface area contributed by atoms with Crippen molar-refractivity contribution in [3.8, 4) is 6.07 Å². The van der Waals surface area contributed by atoms with Crippen LogP contribution >= 0.6 is 15.9 Å². The standard InChI is InChI=1S/C20H9BrN4O/c21-14-5-6-17-15(9-14)20(26)25-18-12(8-13(10-22)19(25)24-17)7-11-3-1-2-4-16(11)23-18/h1-9H. The van der Waals surface area contributed by atoms with E-state index < -0.39 is 0 Å². The number of hydrogen-bond donors (Lipinski definition) is 0. The smallest absolute Gasteiger partial charge is 0.267 e. The highest BCUT2D eigenvalue weighted by atomic mass is 79.9. The van der Waals surface area contributed by atoms with Crippen molar-refractivity contribution in [2.24, 2.45) is 0 Å². The van der Waals surface area contributed by atoms with Gasteiger partial charge in [0, 0.05) is 15.2 Å². The molecule has 0 atom stereocenters. The van der Waals surface area contributed by atoms with Crippen molar-refractivity contribution in [3.05, 3.63) is 75.0 Å². The third-order valence-electron chi connectivity index (χ3n) is 4.44. The second-order valence-corrected chi connectivity index (χ2v) is 6.92. The van der Waals surface area contributed by atoms with E-state index in [1.54, 1.807) is 18.2 Å². The summed E-state index contributed by atoms with van der Waals surface area (Å²) in [5, 5.41) is 11.7. The van der Waals surface area contributed by atoms with Crippen LogP contribution in [0.3, 0.4) is 0 Å². The first-order valence-corrected chi connectivity index (χ1v) is 8.70. The molecule has 0 aliphatic carbocycles. The molecular formula is C20H9BrN4O. The van der Waals surface area contributed by atoms with Gasteiger partial charge in [0.2, 0.25) is 0 Å². The normalized spacial score (nSPS) is 11.4. The zero-order valence-corrected chi connectivity index (χ0v) is 14.9. The molecule has 0 fully saturated rings. The van der Waals surface area contributed by atoms with Crippen molar-refractivity contribution >= 4 is 54.4 Å². The van der Waals surface area contributed by atoms with Crippen LogP contribution in [0, 0.1) is 11.3 Å². The molecular weight excluding hydrogens is 392 g/mol. The quantitative estimate of drug-likeness (QED) is 0.288. The first kappa shape index (κ1) is 15.0. The largest absolute Gasteiger partial charge is 0.268 e. The van der Waals surface area contributed by atoms with Crippen molar-refractivity contribution in [2.75, 3.05) is 0 Å². The molecule has 5 rings (SSSR count). The molecule has 5 nitrogen and oxygen atoms in total. The van der Waals surface area contributed by atoms with Crippen LogP contribution in [0.2, 0.25) is 0 Å². The van der Waals surface area contributed by atoms with Crippen LogP contribution in [0.4, 0.5) is 0 Å². The molecule has 0 aliphatic rings. The van der Waals surface area contributed by atoms with Gasteiger partial charge in [-0.1, -0.05) is 34.1 Å². The summed E-state index contributed by atoms with van der Waals surface area (Å²) < 4.78 is 2.23. The van der Waals surface area contributed by atoms with Crippen molar-refractivity contribution in [2.45, 2.75) is 0 Å². The molecule has 0 bridgehead atoms. The van der Waals surface area contributed by atoms with Crippen LogP contribution in [0.25, 0.3) is 38.5 Å². The second-order valence-electron chi connectivity index (χ2n) is 6.00. The minimum Gasteiger partial charge on any atom is -0.268 e. The van der Waals surface area contributed by atoms with Gasteiger partial charge < -0.3 is 0 Å². The summed E-state index contributed by atoms with van der Waals surface area (Å²) in [6.45, 7) is 0. The van der Waals surface area contributed by atoms with Gasteiger partial charge in [-0.3, -0.25) is 4.79 Å². The predicted molar refractivity (Wildman–Crippen MR) is 104 cm³/mol. The van der Waals surface area contributed by atoms with E-state index in [1.807, 2.05) is 36.4 Å². The molecule has 0 saturated heterocycles. The minimum atomic E-state index is -0.240. The van der Waals surface area contributed by atoms with Crippen LogP contribution < -0.4 is 5.56 Å². The van der Waals surface area contributed by atoms with E-state index in [4.69, 9.17) is 0 Å². The molecule has 26 heavy (non-hydrogen) atoms. The maximum atomic E-state index is 13.2. The molecule has 0 radical (unpaired) electrons. The third-order valence-corrected chi connectivity index (χ3v) is 4.93. The molecule has 0 unspecified atom stereocenters. The highest BCUT2D eigenvalue weighted by molar-refractivity contribution is 9.10. The van der Waals surface area contributed by atoms with E-state index in [1.165, 1.54) is 4.40 Å². The van der Waals surface area contributed by atoms with Crippen molar-refractivity contribution in [3.63, 3.8) is 0 Å². The zero-order chi connectivity index (χ0) is 17.8. The van der Waals surface area contributed by atoms with Gasteiger partial charge in [-0.2, -0.15) is 5.26 Å². The maximum Gasteiger partial charge on any atom is 0.267 e. The first-order valence-electron chi connectivity index (χ1n) is 7.90. The van der Waals surface area contributed by atoms with E-state index in [9.17, 15) is 10.1 Å². The summed E-state index contributed by atoms with van der Waals surface area (Å²) in [5.74, 6) is 0. The maximum absolute atomic E-state index is 13.2. The van der Waals surface area contributed by atoms with Gasteiger partial charge >= 0.3 is 0 Å². The summed E-state index contributed by atoms with van der Waals surface area (Å²) in [6, 6.07) is 18.8. The Labute approximate surface area is 155 Å². The lowest BCUT2D eigenvalue weighted by Gasteiger charge is -2.09. The van der Waals surface area contributed by atoms with Gasteiger partial charge in [0.05, 0.1) is 22.0 Å². The number of nitrogens with zero attached hydrogens (tertiary/aromatic N) is 4. The average molecular weight is 401 g/mol. The molecule has 3 heterocycles. The summed E-state index contributed by atoms with van der Waals surface area (Å²) in [4.78, 5) is 22.4. The number of hydrogen-bond acceptors (Lipinski definition) is 4.